The van der Waals surface area contributed by atoms with Crippen LogP contribution in [-0.2, 0) is 14.3 Å². The predicted molar refractivity (Wildman–Crippen MR) is 80.7 cm³/mol. The zero-order valence-electron chi connectivity index (χ0n) is 13.4. The van der Waals surface area contributed by atoms with Gasteiger partial charge in [-0.05, 0) is 18.8 Å². The van der Waals surface area contributed by atoms with E-state index < -0.39 is 0 Å². The fourth-order valence-corrected chi connectivity index (χ4v) is 3.28. The van der Waals surface area contributed by atoms with Crippen molar-refractivity contribution in [3.05, 3.63) is 0 Å². The summed E-state index contributed by atoms with van der Waals surface area (Å²) in [5.41, 5.74) is 0. The quantitative estimate of drug-likeness (QED) is 0.809. The monoisotopic (exact) mass is 296 g/mol. The second-order valence-corrected chi connectivity index (χ2v) is 6.40. The first-order chi connectivity index (χ1) is 10.1. The number of carbonyl (C=O) groups excluding carboxylic acids is 2. The highest BCUT2D eigenvalue weighted by atomic mass is 16.5. The molecule has 2 aliphatic rings. The van der Waals surface area contributed by atoms with Crippen LogP contribution in [0.5, 0.6) is 0 Å². The normalized spacial score (nSPS) is 31.4. The average molecular weight is 296 g/mol. The molecule has 2 saturated heterocycles. The lowest BCUT2D eigenvalue weighted by atomic mass is 9.91. The maximum absolute atomic E-state index is 12.7. The molecule has 21 heavy (non-hydrogen) atoms. The Morgan fingerprint density at radius 1 is 1.38 bits per heavy atom. The Hall–Kier alpha value is -1.10. The summed E-state index contributed by atoms with van der Waals surface area (Å²) in [6.07, 6.45) is 3.49. The van der Waals surface area contributed by atoms with Crippen LogP contribution < -0.4 is 5.32 Å². The van der Waals surface area contributed by atoms with Crippen LogP contribution in [0.25, 0.3) is 0 Å². The molecule has 0 saturated carbocycles. The van der Waals surface area contributed by atoms with Gasteiger partial charge in [0.2, 0.25) is 11.8 Å². The third-order valence-electron chi connectivity index (χ3n) is 4.74. The molecule has 1 N–H and O–H groups in total. The van der Waals surface area contributed by atoms with Crippen molar-refractivity contribution in [2.24, 2.45) is 11.8 Å². The van der Waals surface area contributed by atoms with E-state index in [0.29, 0.717) is 19.1 Å². The number of nitrogens with zero attached hydrogens (tertiary/aromatic N) is 1. The van der Waals surface area contributed by atoms with Crippen LogP contribution in [0.3, 0.4) is 0 Å². The lowest BCUT2D eigenvalue weighted by molar-refractivity contribution is -0.152. The number of nitrogens with one attached hydrogen (secondary N) is 1. The van der Waals surface area contributed by atoms with Gasteiger partial charge in [-0.3, -0.25) is 9.59 Å². The summed E-state index contributed by atoms with van der Waals surface area (Å²) >= 11 is 0. The van der Waals surface area contributed by atoms with Crippen LogP contribution in [0, 0.1) is 11.8 Å². The lowest BCUT2D eigenvalue weighted by Crippen LogP contribution is -2.65. The minimum absolute atomic E-state index is 0.0151. The maximum atomic E-state index is 12.7. The summed E-state index contributed by atoms with van der Waals surface area (Å²) in [5, 5.41) is 2.93. The minimum atomic E-state index is -0.342. The fourth-order valence-electron chi connectivity index (χ4n) is 3.28. The number of hydrogen-bond acceptors (Lipinski definition) is 3. The zero-order valence-corrected chi connectivity index (χ0v) is 13.4. The Labute approximate surface area is 127 Å². The topological polar surface area (TPSA) is 58.6 Å². The molecule has 2 heterocycles. The largest absolute Gasteiger partial charge is 0.381 e. The van der Waals surface area contributed by atoms with E-state index >= 15 is 0 Å². The van der Waals surface area contributed by atoms with Crippen molar-refractivity contribution in [3.63, 3.8) is 0 Å². The van der Waals surface area contributed by atoms with Gasteiger partial charge in [0.25, 0.3) is 0 Å². The Kier molecular flexibility index (Phi) is 5.62. The lowest BCUT2D eigenvalue weighted by Gasteiger charge is -2.42. The van der Waals surface area contributed by atoms with Crippen molar-refractivity contribution >= 4 is 11.8 Å². The fraction of sp³-hybridized carbons (Fsp3) is 0.875. The molecule has 0 aromatic rings. The summed E-state index contributed by atoms with van der Waals surface area (Å²) in [4.78, 5) is 27.1. The van der Waals surface area contributed by atoms with Crippen molar-refractivity contribution in [1.82, 2.24) is 10.2 Å². The molecule has 5 heteroatoms. The van der Waals surface area contributed by atoms with Gasteiger partial charge in [-0.25, -0.2) is 0 Å². The molecule has 0 aromatic heterocycles. The van der Waals surface area contributed by atoms with Gasteiger partial charge in [-0.2, -0.15) is 0 Å². The molecule has 5 nitrogen and oxygen atoms in total. The van der Waals surface area contributed by atoms with E-state index in [1.54, 1.807) is 0 Å². The minimum Gasteiger partial charge on any atom is -0.381 e. The smallest absolute Gasteiger partial charge is 0.245 e. The highest BCUT2D eigenvalue weighted by molar-refractivity contribution is 5.97. The third-order valence-corrected chi connectivity index (χ3v) is 4.74. The Morgan fingerprint density at radius 2 is 2.14 bits per heavy atom. The summed E-state index contributed by atoms with van der Waals surface area (Å²) in [7, 11) is 0. The molecule has 0 bridgehead atoms. The van der Waals surface area contributed by atoms with Gasteiger partial charge < -0.3 is 15.0 Å². The Bertz CT molecular complexity index is 380. The van der Waals surface area contributed by atoms with Gasteiger partial charge >= 0.3 is 0 Å². The average Bonchev–Trinajstić information content (AvgIpc) is 2.97. The van der Waals surface area contributed by atoms with E-state index in [9.17, 15) is 9.59 Å². The standard InChI is InChI=1S/C16H28N2O3/c1-4-6-13-16(20)18(9-12-7-8-21-10-12)14(11(3)5-2)15(19)17-13/h11-14H,4-10H2,1-3H3,(H,17,19). The summed E-state index contributed by atoms with van der Waals surface area (Å²) in [6.45, 7) is 8.28. The van der Waals surface area contributed by atoms with Gasteiger partial charge in [0, 0.05) is 19.1 Å². The zero-order chi connectivity index (χ0) is 15.4. The van der Waals surface area contributed by atoms with E-state index in [1.807, 2.05) is 11.8 Å². The molecule has 0 aromatic carbocycles. The van der Waals surface area contributed by atoms with Gasteiger partial charge in [0.05, 0.1) is 6.61 Å². The predicted octanol–water partition coefficient (Wildman–Crippen LogP) is 1.56. The van der Waals surface area contributed by atoms with Gasteiger partial charge in [0.15, 0.2) is 0 Å². The molecule has 0 spiro atoms. The maximum Gasteiger partial charge on any atom is 0.245 e. The first-order valence-corrected chi connectivity index (χ1v) is 8.27. The van der Waals surface area contributed by atoms with Gasteiger partial charge in [-0.1, -0.05) is 33.6 Å². The highest BCUT2D eigenvalue weighted by Gasteiger charge is 2.43. The summed E-state index contributed by atoms with van der Waals surface area (Å²) in [6, 6.07) is -0.665. The Balaban J connectivity index is 2.16. The number of piperazine rings is 1. The van der Waals surface area contributed by atoms with Crippen LogP contribution in [0.1, 0.15) is 46.5 Å². The van der Waals surface area contributed by atoms with Gasteiger partial charge in [0.1, 0.15) is 12.1 Å². The summed E-state index contributed by atoms with van der Waals surface area (Å²) < 4.78 is 5.42. The number of carbonyl (C=O) groups is 2. The van der Waals surface area contributed by atoms with E-state index in [-0.39, 0.29) is 29.8 Å². The molecule has 0 aliphatic carbocycles. The van der Waals surface area contributed by atoms with Gasteiger partial charge in [-0.15, -0.1) is 0 Å². The number of rotatable bonds is 6. The van der Waals surface area contributed by atoms with Crippen molar-refractivity contribution in [2.45, 2.75) is 58.5 Å². The second-order valence-electron chi connectivity index (χ2n) is 6.40. The SMILES string of the molecule is CCCC1NC(=O)C(C(C)CC)N(CC2CCOC2)C1=O. The first-order valence-electron chi connectivity index (χ1n) is 8.27. The van der Waals surface area contributed by atoms with Crippen molar-refractivity contribution in [2.75, 3.05) is 19.8 Å². The number of hydrogen-bond donors (Lipinski definition) is 1. The Morgan fingerprint density at radius 3 is 2.71 bits per heavy atom. The highest BCUT2D eigenvalue weighted by Crippen LogP contribution is 2.24. The third kappa shape index (κ3) is 3.57. The van der Waals surface area contributed by atoms with Crippen LogP contribution in [0.4, 0.5) is 0 Å². The second kappa shape index (κ2) is 7.25. The van der Waals surface area contributed by atoms with E-state index in [0.717, 1.165) is 32.3 Å². The van der Waals surface area contributed by atoms with Crippen molar-refractivity contribution < 1.29 is 14.3 Å². The van der Waals surface area contributed by atoms with E-state index in [1.165, 1.54) is 0 Å². The molecule has 120 valence electrons. The molecule has 0 radical (unpaired) electrons. The molecule has 2 fully saturated rings. The molecule has 2 aliphatic heterocycles. The number of ether oxygens (including phenoxy) is 1. The first kappa shape index (κ1) is 16.3. The molecule has 4 atom stereocenters. The van der Waals surface area contributed by atoms with Crippen LogP contribution in [0.15, 0.2) is 0 Å². The van der Waals surface area contributed by atoms with Crippen LogP contribution >= 0.6 is 0 Å². The molecular formula is C16H28N2O3. The molecule has 4 unspecified atom stereocenters. The van der Waals surface area contributed by atoms with E-state index in [4.69, 9.17) is 4.74 Å². The molecule has 2 amide bonds. The van der Waals surface area contributed by atoms with Crippen molar-refractivity contribution in [1.29, 1.82) is 0 Å². The van der Waals surface area contributed by atoms with Crippen molar-refractivity contribution in [3.8, 4) is 0 Å². The van der Waals surface area contributed by atoms with E-state index in [2.05, 4.69) is 19.2 Å². The number of amides is 2. The van der Waals surface area contributed by atoms with Crippen LogP contribution in [-0.4, -0.2) is 48.6 Å². The summed E-state index contributed by atoms with van der Waals surface area (Å²) in [5.74, 6) is 0.655. The van der Waals surface area contributed by atoms with Crippen LogP contribution in [0.2, 0.25) is 0 Å². The molecule has 2 rings (SSSR count). The molecular weight excluding hydrogens is 268 g/mol.